The van der Waals surface area contributed by atoms with E-state index in [1.54, 1.807) is 12.1 Å². The molecule has 0 aliphatic rings. The van der Waals surface area contributed by atoms with E-state index in [4.69, 9.17) is 27.3 Å². The molecule has 3 nitrogen and oxygen atoms in total. The van der Waals surface area contributed by atoms with Crippen LogP contribution < -0.4 is 10.5 Å². The Balaban J connectivity index is 2.35. The molecule has 0 bridgehead atoms. The maximum Gasteiger partial charge on any atom is 0.184 e. The van der Waals surface area contributed by atoms with Gasteiger partial charge in [0.05, 0.1) is 10.6 Å². The van der Waals surface area contributed by atoms with Gasteiger partial charge in [0.15, 0.2) is 11.6 Å². The summed E-state index contributed by atoms with van der Waals surface area (Å²) in [5, 5.41) is 8.80. The summed E-state index contributed by atoms with van der Waals surface area (Å²) in [4.78, 5) is 0. The molecule has 0 atom stereocenters. The summed E-state index contributed by atoms with van der Waals surface area (Å²) in [7, 11) is 0. The maximum absolute atomic E-state index is 13.6. The third-order valence-electron chi connectivity index (χ3n) is 2.29. The van der Waals surface area contributed by atoms with Crippen LogP contribution in [-0.2, 0) is 0 Å². The first-order valence-corrected chi connectivity index (χ1v) is 5.41. The highest BCUT2D eigenvalue weighted by molar-refractivity contribution is 6.30. The van der Waals surface area contributed by atoms with Crippen molar-refractivity contribution in [3.63, 3.8) is 0 Å². The number of benzene rings is 2. The van der Waals surface area contributed by atoms with Crippen LogP contribution in [0.15, 0.2) is 36.4 Å². The summed E-state index contributed by atoms with van der Waals surface area (Å²) in [5.74, 6) is -0.326. The van der Waals surface area contributed by atoms with Crippen LogP contribution in [0.25, 0.3) is 0 Å². The fraction of sp³-hybridized carbons (Fsp3) is 0. The Morgan fingerprint density at radius 2 is 2.06 bits per heavy atom. The first kappa shape index (κ1) is 12.2. The topological polar surface area (TPSA) is 59.0 Å². The van der Waals surface area contributed by atoms with Crippen molar-refractivity contribution >= 4 is 17.3 Å². The van der Waals surface area contributed by atoms with Gasteiger partial charge in [0.2, 0.25) is 0 Å². The van der Waals surface area contributed by atoms with Gasteiger partial charge in [0.1, 0.15) is 11.8 Å². The second-order valence-corrected chi connectivity index (χ2v) is 3.92. The number of hydrogen-bond acceptors (Lipinski definition) is 3. The van der Waals surface area contributed by atoms with Crippen LogP contribution in [0.1, 0.15) is 5.56 Å². The molecule has 0 aromatic heterocycles. The Morgan fingerprint density at radius 1 is 1.28 bits per heavy atom. The monoisotopic (exact) mass is 262 g/mol. The van der Waals surface area contributed by atoms with Crippen LogP contribution in [-0.4, -0.2) is 0 Å². The molecule has 0 saturated carbocycles. The molecule has 2 N–H and O–H groups in total. The maximum atomic E-state index is 13.6. The van der Waals surface area contributed by atoms with E-state index in [0.29, 0.717) is 11.4 Å². The van der Waals surface area contributed by atoms with E-state index < -0.39 is 5.82 Å². The smallest absolute Gasteiger partial charge is 0.184 e. The SMILES string of the molecule is N#Cc1cc(Oc2cccc(Cl)c2F)ccc1N. The van der Waals surface area contributed by atoms with Gasteiger partial charge < -0.3 is 10.5 Å². The molecule has 0 aliphatic heterocycles. The van der Waals surface area contributed by atoms with Crippen molar-refractivity contribution < 1.29 is 9.13 Å². The Kier molecular flexibility index (Phi) is 3.35. The molecule has 0 saturated heterocycles. The molecule has 0 spiro atoms. The Morgan fingerprint density at radius 3 is 2.78 bits per heavy atom. The van der Waals surface area contributed by atoms with E-state index in [0.717, 1.165) is 0 Å². The highest BCUT2D eigenvalue weighted by Gasteiger charge is 2.09. The normalized spacial score (nSPS) is 9.83. The lowest BCUT2D eigenvalue weighted by Gasteiger charge is -2.08. The average Bonchev–Trinajstić information content (AvgIpc) is 2.37. The van der Waals surface area contributed by atoms with Gasteiger partial charge in [0.25, 0.3) is 0 Å². The molecular formula is C13H8ClFN2O. The molecular weight excluding hydrogens is 255 g/mol. The third-order valence-corrected chi connectivity index (χ3v) is 2.58. The van der Waals surface area contributed by atoms with Gasteiger partial charge >= 0.3 is 0 Å². The second kappa shape index (κ2) is 4.94. The highest BCUT2D eigenvalue weighted by atomic mass is 35.5. The van der Waals surface area contributed by atoms with Crippen LogP contribution in [0, 0.1) is 17.1 Å². The zero-order valence-corrected chi connectivity index (χ0v) is 9.91. The number of rotatable bonds is 2. The zero-order valence-electron chi connectivity index (χ0n) is 9.15. The van der Waals surface area contributed by atoms with Crippen molar-refractivity contribution in [2.75, 3.05) is 5.73 Å². The van der Waals surface area contributed by atoms with Crippen molar-refractivity contribution in [2.45, 2.75) is 0 Å². The predicted octanol–water partition coefficient (Wildman–Crippen LogP) is 3.73. The van der Waals surface area contributed by atoms with E-state index in [-0.39, 0.29) is 16.3 Å². The average molecular weight is 263 g/mol. The lowest BCUT2D eigenvalue weighted by molar-refractivity contribution is 0.442. The van der Waals surface area contributed by atoms with Crippen LogP contribution in [0.5, 0.6) is 11.5 Å². The largest absolute Gasteiger partial charge is 0.454 e. The van der Waals surface area contributed by atoms with E-state index in [9.17, 15) is 4.39 Å². The van der Waals surface area contributed by atoms with Gasteiger partial charge in [-0.2, -0.15) is 5.26 Å². The van der Waals surface area contributed by atoms with E-state index in [1.165, 1.54) is 24.3 Å². The van der Waals surface area contributed by atoms with E-state index in [1.807, 2.05) is 6.07 Å². The number of halogens is 2. The number of nitrogen functional groups attached to an aromatic ring is 1. The zero-order chi connectivity index (χ0) is 13.1. The molecule has 0 heterocycles. The summed E-state index contributed by atoms with van der Waals surface area (Å²) < 4.78 is 18.9. The molecule has 2 aromatic carbocycles. The minimum absolute atomic E-state index is 0.00355. The van der Waals surface area contributed by atoms with Gasteiger partial charge in [-0.05, 0) is 24.3 Å². The molecule has 0 radical (unpaired) electrons. The van der Waals surface area contributed by atoms with Crippen LogP contribution >= 0.6 is 11.6 Å². The highest BCUT2D eigenvalue weighted by Crippen LogP contribution is 2.29. The van der Waals surface area contributed by atoms with Gasteiger partial charge in [-0.15, -0.1) is 0 Å². The van der Waals surface area contributed by atoms with Crippen molar-refractivity contribution in [1.82, 2.24) is 0 Å². The van der Waals surface area contributed by atoms with Crippen molar-refractivity contribution in [3.05, 3.63) is 52.8 Å². The van der Waals surface area contributed by atoms with Gasteiger partial charge in [0, 0.05) is 11.8 Å². The molecule has 0 unspecified atom stereocenters. The molecule has 0 fully saturated rings. The van der Waals surface area contributed by atoms with Crippen molar-refractivity contribution in [3.8, 4) is 17.6 Å². The third kappa shape index (κ3) is 2.36. The minimum atomic E-state index is -0.644. The van der Waals surface area contributed by atoms with Gasteiger partial charge in [-0.3, -0.25) is 0 Å². The predicted molar refractivity (Wildman–Crippen MR) is 67.1 cm³/mol. The van der Waals surface area contributed by atoms with Gasteiger partial charge in [-0.25, -0.2) is 4.39 Å². The van der Waals surface area contributed by atoms with E-state index >= 15 is 0 Å². The van der Waals surface area contributed by atoms with E-state index in [2.05, 4.69) is 0 Å². The quantitative estimate of drug-likeness (QED) is 0.839. The summed E-state index contributed by atoms with van der Waals surface area (Å²) >= 11 is 5.64. The molecule has 2 aromatic rings. The minimum Gasteiger partial charge on any atom is -0.454 e. The molecule has 18 heavy (non-hydrogen) atoms. The molecule has 0 aliphatic carbocycles. The number of nitriles is 1. The molecule has 2 rings (SSSR count). The fourth-order valence-electron chi connectivity index (χ4n) is 1.39. The van der Waals surface area contributed by atoms with Crippen molar-refractivity contribution in [2.24, 2.45) is 0 Å². The van der Waals surface area contributed by atoms with Crippen LogP contribution in [0.2, 0.25) is 5.02 Å². The number of nitrogens with zero attached hydrogens (tertiary/aromatic N) is 1. The first-order chi connectivity index (χ1) is 8.61. The Labute approximate surface area is 108 Å². The lowest BCUT2D eigenvalue weighted by Crippen LogP contribution is -1.93. The van der Waals surface area contributed by atoms with Crippen molar-refractivity contribution in [1.29, 1.82) is 5.26 Å². The second-order valence-electron chi connectivity index (χ2n) is 3.51. The molecule has 90 valence electrons. The van der Waals surface area contributed by atoms with Crippen LogP contribution in [0.4, 0.5) is 10.1 Å². The number of hydrogen-bond donors (Lipinski definition) is 1. The summed E-state index contributed by atoms with van der Waals surface area (Å²) in [6.07, 6.45) is 0. The van der Waals surface area contributed by atoms with Gasteiger partial charge in [-0.1, -0.05) is 17.7 Å². The molecule has 0 amide bonds. The summed E-state index contributed by atoms with van der Waals surface area (Å²) in [6, 6.07) is 10.9. The Bertz CT molecular complexity index is 637. The summed E-state index contributed by atoms with van der Waals surface area (Å²) in [5.41, 5.74) is 6.19. The Hall–Kier alpha value is -2.25. The number of ether oxygens (including phenoxy) is 1. The molecule has 5 heteroatoms. The lowest BCUT2D eigenvalue weighted by atomic mass is 10.2. The standard InChI is InChI=1S/C13H8ClFN2O/c14-10-2-1-3-12(13(10)15)18-9-4-5-11(17)8(6-9)7-16/h1-6H,17H2. The fourth-order valence-corrected chi connectivity index (χ4v) is 1.55. The first-order valence-electron chi connectivity index (χ1n) is 5.03. The summed E-state index contributed by atoms with van der Waals surface area (Å²) in [6.45, 7) is 0. The number of anilines is 1. The number of nitrogens with two attached hydrogens (primary N) is 1. The van der Waals surface area contributed by atoms with Crippen LogP contribution in [0.3, 0.4) is 0 Å².